The van der Waals surface area contributed by atoms with E-state index in [4.69, 9.17) is 4.74 Å². The van der Waals surface area contributed by atoms with Gasteiger partial charge in [-0.1, -0.05) is 42.5 Å². The first-order chi connectivity index (χ1) is 15.8. The molecule has 1 saturated heterocycles. The lowest BCUT2D eigenvalue weighted by Gasteiger charge is -2.29. The summed E-state index contributed by atoms with van der Waals surface area (Å²) >= 11 is 1.72. The number of carbonyl (C=O) groups excluding carboxylic acids is 1. The van der Waals surface area contributed by atoms with E-state index in [-0.39, 0.29) is 11.9 Å². The van der Waals surface area contributed by atoms with Crippen molar-refractivity contribution in [2.24, 2.45) is 0 Å². The fraction of sp³-hybridized carbons (Fsp3) is 0.360. The molecule has 5 rings (SSSR count). The first-order valence-corrected chi connectivity index (χ1v) is 12.4. The number of nitrogens with zero attached hydrogens (tertiary/aromatic N) is 3. The highest BCUT2D eigenvalue weighted by molar-refractivity contribution is 7.98. The zero-order chi connectivity index (χ0) is 21.9. The molecular weight excluding hydrogens is 420 g/mol. The highest BCUT2D eigenvalue weighted by atomic mass is 32.2. The lowest BCUT2D eigenvalue weighted by atomic mass is 9.96. The molecule has 32 heavy (non-hydrogen) atoms. The Morgan fingerprint density at radius 3 is 2.53 bits per heavy atom. The Kier molecular flexibility index (Phi) is 6.30. The standard InChI is InChI=1S/C25H28N4O2S/c1-32-20-10-8-19(9-11-20)24-21-22(18-6-3-2-4-7-18)26-27-23(21)25(30)29(24)13-5-12-28-14-16-31-17-15-28/h2-4,6-11,24H,5,12-17H2,1H3,(H,26,27). The molecule has 1 unspecified atom stereocenters. The van der Waals surface area contributed by atoms with Crippen molar-refractivity contribution in [1.29, 1.82) is 0 Å². The van der Waals surface area contributed by atoms with Crippen molar-refractivity contribution < 1.29 is 9.53 Å². The van der Waals surface area contributed by atoms with Gasteiger partial charge in [0, 0.05) is 42.2 Å². The smallest absolute Gasteiger partial charge is 0.273 e. The van der Waals surface area contributed by atoms with Gasteiger partial charge in [-0.15, -0.1) is 11.8 Å². The number of aromatic nitrogens is 2. The zero-order valence-corrected chi connectivity index (χ0v) is 19.1. The van der Waals surface area contributed by atoms with Crippen molar-refractivity contribution in [1.82, 2.24) is 20.0 Å². The number of nitrogens with one attached hydrogen (secondary N) is 1. The number of rotatable bonds is 7. The van der Waals surface area contributed by atoms with Crippen LogP contribution in [0.2, 0.25) is 0 Å². The summed E-state index contributed by atoms with van der Waals surface area (Å²) in [5.41, 5.74) is 4.63. The maximum absolute atomic E-state index is 13.4. The molecule has 1 atom stereocenters. The maximum Gasteiger partial charge on any atom is 0.273 e. The van der Waals surface area contributed by atoms with Gasteiger partial charge < -0.3 is 9.64 Å². The molecule has 2 aromatic carbocycles. The molecule has 2 aliphatic heterocycles. The average molecular weight is 449 g/mol. The third-order valence-electron chi connectivity index (χ3n) is 6.32. The monoisotopic (exact) mass is 448 g/mol. The number of aromatic amines is 1. The number of hydrogen-bond acceptors (Lipinski definition) is 5. The number of hydrogen-bond donors (Lipinski definition) is 1. The first-order valence-electron chi connectivity index (χ1n) is 11.1. The molecule has 1 aromatic heterocycles. The third-order valence-corrected chi connectivity index (χ3v) is 7.06. The number of thioether (sulfide) groups is 1. The Bertz CT molecular complexity index is 1060. The Balaban J connectivity index is 1.46. The Hall–Kier alpha value is -2.61. The second kappa shape index (κ2) is 9.48. The van der Waals surface area contributed by atoms with E-state index < -0.39 is 0 Å². The van der Waals surface area contributed by atoms with Gasteiger partial charge in [-0.25, -0.2) is 0 Å². The average Bonchev–Trinajstić information content (AvgIpc) is 3.40. The lowest BCUT2D eigenvalue weighted by molar-refractivity contribution is 0.0354. The summed E-state index contributed by atoms with van der Waals surface area (Å²) in [6, 6.07) is 18.6. The minimum atomic E-state index is -0.132. The number of H-pyrrole nitrogens is 1. The van der Waals surface area contributed by atoms with Crippen molar-refractivity contribution in [2.75, 3.05) is 45.6 Å². The van der Waals surface area contributed by atoms with Crippen LogP contribution in [0.5, 0.6) is 0 Å². The Morgan fingerprint density at radius 1 is 1.06 bits per heavy atom. The van der Waals surface area contributed by atoms with Crippen molar-refractivity contribution >= 4 is 17.7 Å². The molecule has 0 aliphatic carbocycles. The summed E-state index contributed by atoms with van der Waals surface area (Å²) in [6.45, 7) is 5.21. The number of fused-ring (bicyclic) bond motifs is 1. The van der Waals surface area contributed by atoms with Crippen molar-refractivity contribution in [3.63, 3.8) is 0 Å². The molecule has 3 heterocycles. The number of amides is 1. The predicted octanol–water partition coefficient (Wildman–Crippen LogP) is 4.07. The normalized spacial score (nSPS) is 18.8. The van der Waals surface area contributed by atoms with Crippen molar-refractivity contribution in [3.05, 3.63) is 71.4 Å². The molecule has 2 aliphatic rings. The lowest BCUT2D eigenvalue weighted by Crippen LogP contribution is -2.38. The minimum Gasteiger partial charge on any atom is -0.379 e. The van der Waals surface area contributed by atoms with Gasteiger partial charge in [0.25, 0.3) is 5.91 Å². The second-order valence-corrected chi connectivity index (χ2v) is 9.09. The zero-order valence-electron chi connectivity index (χ0n) is 18.3. The van der Waals surface area contributed by atoms with Crippen LogP contribution in [0, 0.1) is 0 Å². The maximum atomic E-state index is 13.4. The molecule has 0 spiro atoms. The SMILES string of the molecule is CSc1ccc(C2c3c(-c4ccccc4)n[nH]c3C(=O)N2CCCN2CCOCC2)cc1. The molecular formula is C25H28N4O2S. The number of morpholine rings is 1. The van der Waals surface area contributed by atoms with E-state index >= 15 is 0 Å². The van der Waals surface area contributed by atoms with E-state index in [0.29, 0.717) is 12.2 Å². The highest BCUT2D eigenvalue weighted by Gasteiger charge is 2.41. The van der Waals surface area contributed by atoms with Crippen LogP contribution in [0.1, 0.15) is 34.1 Å². The summed E-state index contributed by atoms with van der Waals surface area (Å²) in [7, 11) is 0. The quantitative estimate of drug-likeness (QED) is 0.552. The number of carbonyl (C=O) groups is 1. The van der Waals surface area contributed by atoms with Gasteiger partial charge in [-0.3, -0.25) is 14.8 Å². The Labute approximate surface area is 192 Å². The highest BCUT2D eigenvalue weighted by Crippen LogP contribution is 2.43. The van der Waals surface area contributed by atoms with Crippen LogP contribution in [0.15, 0.2) is 59.5 Å². The van der Waals surface area contributed by atoms with Crippen LogP contribution in [0.25, 0.3) is 11.3 Å². The fourth-order valence-corrected chi connectivity index (χ4v) is 5.07. The van der Waals surface area contributed by atoms with Gasteiger partial charge >= 0.3 is 0 Å². The fourth-order valence-electron chi connectivity index (χ4n) is 4.67. The van der Waals surface area contributed by atoms with E-state index in [1.165, 1.54) is 4.90 Å². The first kappa shape index (κ1) is 21.2. The minimum absolute atomic E-state index is 0.0376. The summed E-state index contributed by atoms with van der Waals surface area (Å²) in [5, 5.41) is 7.61. The molecule has 166 valence electrons. The molecule has 0 bridgehead atoms. The number of ether oxygens (including phenoxy) is 1. The van der Waals surface area contributed by atoms with Crippen LogP contribution in [-0.2, 0) is 4.74 Å². The van der Waals surface area contributed by atoms with E-state index in [1.54, 1.807) is 11.8 Å². The molecule has 3 aromatic rings. The van der Waals surface area contributed by atoms with Crippen LogP contribution >= 0.6 is 11.8 Å². The summed E-state index contributed by atoms with van der Waals surface area (Å²) in [5.74, 6) is 0.0376. The van der Waals surface area contributed by atoms with Crippen molar-refractivity contribution in [2.45, 2.75) is 17.4 Å². The van der Waals surface area contributed by atoms with Gasteiger partial charge in [0.15, 0.2) is 0 Å². The van der Waals surface area contributed by atoms with E-state index in [0.717, 1.165) is 61.7 Å². The third kappa shape index (κ3) is 4.08. The molecule has 7 heteroatoms. The van der Waals surface area contributed by atoms with Gasteiger partial charge in [0.1, 0.15) is 5.69 Å². The molecule has 0 saturated carbocycles. The second-order valence-electron chi connectivity index (χ2n) is 8.21. The van der Waals surface area contributed by atoms with Crippen LogP contribution in [0.3, 0.4) is 0 Å². The van der Waals surface area contributed by atoms with E-state index in [1.807, 2.05) is 23.1 Å². The van der Waals surface area contributed by atoms with Crippen LogP contribution < -0.4 is 0 Å². The van der Waals surface area contributed by atoms with Gasteiger partial charge in [0.2, 0.25) is 0 Å². The molecule has 1 fully saturated rings. The topological polar surface area (TPSA) is 61.5 Å². The molecule has 6 nitrogen and oxygen atoms in total. The van der Waals surface area contributed by atoms with Gasteiger partial charge in [-0.2, -0.15) is 5.10 Å². The largest absolute Gasteiger partial charge is 0.379 e. The summed E-state index contributed by atoms with van der Waals surface area (Å²) in [4.78, 5) is 19.1. The van der Waals surface area contributed by atoms with Gasteiger partial charge in [0.05, 0.1) is 24.9 Å². The summed E-state index contributed by atoms with van der Waals surface area (Å²) < 4.78 is 5.46. The van der Waals surface area contributed by atoms with E-state index in [2.05, 4.69) is 57.8 Å². The summed E-state index contributed by atoms with van der Waals surface area (Å²) in [6.07, 6.45) is 3.01. The molecule has 0 radical (unpaired) electrons. The molecule has 1 amide bonds. The van der Waals surface area contributed by atoms with Crippen LogP contribution in [-0.4, -0.2) is 71.6 Å². The Morgan fingerprint density at radius 2 is 1.81 bits per heavy atom. The number of benzene rings is 2. The van der Waals surface area contributed by atoms with Crippen LogP contribution in [0.4, 0.5) is 0 Å². The molecule has 1 N–H and O–H groups in total. The van der Waals surface area contributed by atoms with Gasteiger partial charge in [-0.05, 0) is 30.4 Å². The predicted molar refractivity (Wildman–Crippen MR) is 127 cm³/mol. The van der Waals surface area contributed by atoms with E-state index in [9.17, 15) is 4.79 Å². The van der Waals surface area contributed by atoms with Crippen molar-refractivity contribution in [3.8, 4) is 11.3 Å².